The van der Waals surface area contributed by atoms with Crippen molar-refractivity contribution in [2.75, 3.05) is 0 Å². The lowest BCUT2D eigenvalue weighted by atomic mass is 10.0. The number of aromatic amines is 1. The molecule has 6 heteroatoms. The van der Waals surface area contributed by atoms with Crippen molar-refractivity contribution in [1.82, 2.24) is 15.3 Å². The SMILES string of the molecule is O=C(N[C@H](Cc1ncc[nH]1)c1ccccc1)c1cc2cc(Cl)ccc2o1. The van der Waals surface area contributed by atoms with E-state index in [1.54, 1.807) is 36.7 Å². The predicted octanol–water partition coefficient (Wildman–Crippen LogP) is 4.52. The van der Waals surface area contributed by atoms with E-state index in [0.717, 1.165) is 16.8 Å². The maximum atomic E-state index is 12.7. The van der Waals surface area contributed by atoms with Crippen molar-refractivity contribution in [2.24, 2.45) is 0 Å². The Morgan fingerprint density at radius 1 is 1.19 bits per heavy atom. The number of benzene rings is 2. The summed E-state index contributed by atoms with van der Waals surface area (Å²) in [5, 5.41) is 4.44. The molecular formula is C20H16ClN3O2. The summed E-state index contributed by atoms with van der Waals surface area (Å²) >= 11 is 6.00. The molecule has 130 valence electrons. The van der Waals surface area contributed by atoms with Crippen LogP contribution < -0.4 is 5.32 Å². The summed E-state index contributed by atoms with van der Waals surface area (Å²) in [6.07, 6.45) is 4.01. The number of carbonyl (C=O) groups is 1. The van der Waals surface area contributed by atoms with Crippen LogP contribution in [0.25, 0.3) is 11.0 Å². The highest BCUT2D eigenvalue weighted by Crippen LogP contribution is 2.24. The maximum Gasteiger partial charge on any atom is 0.287 e. The number of amides is 1. The van der Waals surface area contributed by atoms with Crippen LogP contribution in [0.3, 0.4) is 0 Å². The standard InChI is InChI=1S/C20H16ClN3O2/c21-15-6-7-17-14(10-15)11-18(26-17)20(25)24-16(12-19-22-8-9-23-19)13-4-2-1-3-5-13/h1-11,16H,12H2,(H,22,23)(H,24,25)/t16-/m1/s1. The molecule has 2 heterocycles. The van der Waals surface area contributed by atoms with Crippen LogP contribution in [0.5, 0.6) is 0 Å². The number of hydrogen-bond acceptors (Lipinski definition) is 3. The first kappa shape index (κ1) is 16.4. The number of imidazole rings is 1. The smallest absolute Gasteiger partial charge is 0.287 e. The fourth-order valence-corrected chi connectivity index (χ4v) is 3.08. The van der Waals surface area contributed by atoms with Gasteiger partial charge in [-0.1, -0.05) is 41.9 Å². The third-order valence-electron chi connectivity index (χ3n) is 4.16. The average molecular weight is 366 g/mol. The molecule has 0 aliphatic rings. The van der Waals surface area contributed by atoms with Crippen molar-refractivity contribution < 1.29 is 9.21 Å². The van der Waals surface area contributed by atoms with Crippen LogP contribution in [-0.2, 0) is 6.42 Å². The highest BCUT2D eigenvalue weighted by Gasteiger charge is 2.20. The number of rotatable bonds is 5. The molecule has 2 aromatic heterocycles. The largest absolute Gasteiger partial charge is 0.451 e. The molecule has 0 aliphatic carbocycles. The van der Waals surface area contributed by atoms with Crippen LogP contribution in [0.15, 0.2) is 71.4 Å². The van der Waals surface area contributed by atoms with E-state index in [-0.39, 0.29) is 17.7 Å². The lowest BCUT2D eigenvalue weighted by Crippen LogP contribution is -2.30. The Morgan fingerprint density at radius 2 is 2.04 bits per heavy atom. The molecule has 1 amide bonds. The van der Waals surface area contributed by atoms with Gasteiger partial charge in [0.25, 0.3) is 5.91 Å². The number of H-pyrrole nitrogens is 1. The van der Waals surface area contributed by atoms with Gasteiger partial charge >= 0.3 is 0 Å². The topological polar surface area (TPSA) is 70.9 Å². The summed E-state index contributed by atoms with van der Waals surface area (Å²) in [7, 11) is 0. The average Bonchev–Trinajstić information content (AvgIpc) is 3.31. The second kappa shape index (κ2) is 7.06. The number of hydrogen-bond donors (Lipinski definition) is 2. The summed E-state index contributed by atoms with van der Waals surface area (Å²) in [4.78, 5) is 20.1. The van der Waals surface area contributed by atoms with E-state index in [1.165, 1.54) is 0 Å². The Hall–Kier alpha value is -3.05. The van der Waals surface area contributed by atoms with Crippen LogP contribution in [0.4, 0.5) is 0 Å². The van der Waals surface area contributed by atoms with Crippen LogP contribution in [0, 0.1) is 0 Å². The molecule has 5 nitrogen and oxygen atoms in total. The fourth-order valence-electron chi connectivity index (χ4n) is 2.90. The van der Waals surface area contributed by atoms with Crippen molar-refractivity contribution in [3.63, 3.8) is 0 Å². The fraction of sp³-hybridized carbons (Fsp3) is 0.100. The molecular weight excluding hydrogens is 350 g/mol. The van der Waals surface area contributed by atoms with Gasteiger partial charge in [-0.2, -0.15) is 0 Å². The number of furan rings is 1. The lowest BCUT2D eigenvalue weighted by Gasteiger charge is -2.17. The molecule has 0 aliphatic heterocycles. The summed E-state index contributed by atoms with van der Waals surface area (Å²) in [5.41, 5.74) is 1.62. The van der Waals surface area contributed by atoms with Crippen LogP contribution >= 0.6 is 11.6 Å². The molecule has 2 N–H and O–H groups in total. The summed E-state index contributed by atoms with van der Waals surface area (Å²) < 4.78 is 5.66. The molecule has 0 saturated heterocycles. The Kier molecular flexibility index (Phi) is 4.46. The molecule has 2 aromatic carbocycles. The van der Waals surface area contributed by atoms with E-state index < -0.39 is 0 Å². The molecule has 26 heavy (non-hydrogen) atoms. The van der Waals surface area contributed by atoms with Crippen molar-refractivity contribution >= 4 is 28.5 Å². The number of fused-ring (bicyclic) bond motifs is 1. The molecule has 0 spiro atoms. The van der Waals surface area contributed by atoms with Crippen molar-refractivity contribution in [3.05, 3.63) is 89.2 Å². The van der Waals surface area contributed by atoms with Crippen molar-refractivity contribution in [3.8, 4) is 0 Å². The number of halogens is 1. The highest BCUT2D eigenvalue weighted by atomic mass is 35.5. The van der Waals surface area contributed by atoms with E-state index in [0.29, 0.717) is 17.0 Å². The van der Waals surface area contributed by atoms with E-state index in [9.17, 15) is 4.79 Å². The third-order valence-corrected chi connectivity index (χ3v) is 4.40. The van der Waals surface area contributed by atoms with Gasteiger partial charge in [-0.05, 0) is 29.8 Å². The normalized spacial score (nSPS) is 12.2. The monoisotopic (exact) mass is 365 g/mol. The number of carbonyl (C=O) groups excluding carboxylic acids is 1. The zero-order valence-corrected chi connectivity index (χ0v) is 14.5. The summed E-state index contributed by atoms with van der Waals surface area (Å²) in [6, 6.07) is 16.5. The second-order valence-corrected chi connectivity index (χ2v) is 6.41. The Bertz CT molecular complexity index is 1030. The first-order valence-electron chi connectivity index (χ1n) is 8.22. The van der Waals surface area contributed by atoms with Gasteiger partial charge in [0.2, 0.25) is 0 Å². The molecule has 0 fully saturated rings. The first-order valence-corrected chi connectivity index (χ1v) is 8.60. The number of aromatic nitrogens is 2. The Labute approximate surface area is 155 Å². The lowest BCUT2D eigenvalue weighted by molar-refractivity contribution is 0.0910. The molecule has 0 radical (unpaired) electrons. The summed E-state index contributed by atoms with van der Waals surface area (Å²) in [5.74, 6) is 0.774. The molecule has 0 bridgehead atoms. The van der Waals surface area contributed by atoms with E-state index in [4.69, 9.17) is 16.0 Å². The third kappa shape index (κ3) is 3.48. The van der Waals surface area contributed by atoms with Gasteiger partial charge in [-0.3, -0.25) is 4.79 Å². The molecule has 0 saturated carbocycles. The van der Waals surface area contributed by atoms with Crippen LogP contribution in [0.2, 0.25) is 5.02 Å². The number of nitrogens with zero attached hydrogens (tertiary/aromatic N) is 1. The minimum Gasteiger partial charge on any atom is -0.451 e. The minimum atomic E-state index is -0.280. The second-order valence-electron chi connectivity index (χ2n) is 5.97. The summed E-state index contributed by atoms with van der Waals surface area (Å²) in [6.45, 7) is 0. The van der Waals surface area contributed by atoms with Gasteiger partial charge in [0.05, 0.1) is 6.04 Å². The number of nitrogens with one attached hydrogen (secondary N) is 2. The molecule has 4 rings (SSSR count). The van der Waals surface area contributed by atoms with Gasteiger partial charge in [-0.15, -0.1) is 0 Å². The van der Waals surface area contributed by atoms with E-state index in [1.807, 2.05) is 30.3 Å². The molecule has 4 aromatic rings. The molecule has 1 atom stereocenters. The zero-order chi connectivity index (χ0) is 17.9. The van der Waals surface area contributed by atoms with Gasteiger partial charge in [0.1, 0.15) is 11.4 Å². The van der Waals surface area contributed by atoms with Crippen molar-refractivity contribution in [1.29, 1.82) is 0 Å². The minimum absolute atomic E-state index is 0.230. The molecule has 0 unspecified atom stereocenters. The van der Waals surface area contributed by atoms with Crippen molar-refractivity contribution in [2.45, 2.75) is 12.5 Å². The predicted molar refractivity (Wildman–Crippen MR) is 100 cm³/mol. The Balaban J connectivity index is 1.60. The zero-order valence-electron chi connectivity index (χ0n) is 13.8. The quantitative estimate of drug-likeness (QED) is 0.546. The van der Waals surface area contributed by atoms with Gasteiger partial charge in [-0.25, -0.2) is 4.98 Å². The first-order chi connectivity index (χ1) is 12.7. The van der Waals surface area contributed by atoms with Gasteiger partial charge in [0, 0.05) is 29.2 Å². The van der Waals surface area contributed by atoms with Gasteiger partial charge < -0.3 is 14.7 Å². The van der Waals surface area contributed by atoms with Gasteiger partial charge in [0.15, 0.2) is 5.76 Å². The van der Waals surface area contributed by atoms with E-state index >= 15 is 0 Å². The highest BCUT2D eigenvalue weighted by molar-refractivity contribution is 6.31. The van der Waals surface area contributed by atoms with Crippen LogP contribution in [0.1, 0.15) is 28.0 Å². The van der Waals surface area contributed by atoms with Crippen LogP contribution in [-0.4, -0.2) is 15.9 Å². The Morgan fingerprint density at radius 3 is 2.81 bits per heavy atom. The maximum absolute atomic E-state index is 12.7. The van der Waals surface area contributed by atoms with E-state index in [2.05, 4.69) is 15.3 Å².